The number of ether oxygens (including phenoxy) is 2. The second kappa shape index (κ2) is 8.49. The maximum absolute atomic E-state index is 12.7. The van der Waals surface area contributed by atoms with Gasteiger partial charge in [-0.1, -0.05) is 6.92 Å². The van der Waals surface area contributed by atoms with Crippen LogP contribution in [0, 0.1) is 18.3 Å². The molecule has 0 saturated heterocycles. The predicted molar refractivity (Wildman–Crippen MR) is 97.2 cm³/mol. The lowest BCUT2D eigenvalue weighted by molar-refractivity contribution is 0.0780. The van der Waals surface area contributed by atoms with Crippen molar-refractivity contribution in [3.8, 4) is 28.1 Å². The highest BCUT2D eigenvalue weighted by Gasteiger charge is 2.21. The number of aryl methyl sites for hydroxylation is 1. The molecule has 132 valence electrons. The number of methoxy groups -OCH3 is 2. The second-order valence-electron chi connectivity index (χ2n) is 5.39. The van der Waals surface area contributed by atoms with Crippen LogP contribution in [0.1, 0.15) is 28.7 Å². The summed E-state index contributed by atoms with van der Waals surface area (Å²) in [7, 11) is 3.16. The minimum Gasteiger partial charge on any atom is -0.493 e. The van der Waals surface area contributed by atoms with Crippen LogP contribution in [0.2, 0.25) is 0 Å². The molecule has 1 aromatic carbocycles. The first kappa shape index (κ1) is 18.7. The summed E-state index contributed by atoms with van der Waals surface area (Å²) in [4.78, 5) is 19.4. The van der Waals surface area contributed by atoms with Gasteiger partial charge in [-0.05, 0) is 31.5 Å². The van der Waals surface area contributed by atoms with Crippen LogP contribution in [0.15, 0.2) is 18.2 Å². The summed E-state index contributed by atoms with van der Waals surface area (Å²) in [5, 5.41) is 9.67. The standard InChI is InChI=1S/C18H21N3O3S/c1-5-9-21(10-8-19)18(22)16-12(2)20-17(25-16)13-6-7-14(23-3)15(11-13)24-4/h6-7,11H,5,9-10H2,1-4H3. The minimum absolute atomic E-state index is 0.0791. The highest BCUT2D eigenvalue weighted by molar-refractivity contribution is 7.17. The number of benzene rings is 1. The fourth-order valence-electron chi connectivity index (χ4n) is 2.44. The van der Waals surface area contributed by atoms with E-state index in [1.807, 2.05) is 38.1 Å². The third kappa shape index (κ3) is 4.09. The van der Waals surface area contributed by atoms with E-state index in [1.165, 1.54) is 11.3 Å². The van der Waals surface area contributed by atoms with Crippen molar-refractivity contribution in [2.24, 2.45) is 0 Å². The van der Waals surface area contributed by atoms with Gasteiger partial charge in [0.15, 0.2) is 11.5 Å². The largest absolute Gasteiger partial charge is 0.493 e. The molecule has 0 aliphatic rings. The summed E-state index contributed by atoms with van der Waals surface area (Å²) in [5.74, 6) is 1.10. The Labute approximate surface area is 151 Å². The Balaban J connectivity index is 2.37. The number of amides is 1. The number of hydrogen-bond acceptors (Lipinski definition) is 6. The summed E-state index contributed by atoms with van der Waals surface area (Å²) in [6.07, 6.45) is 0.799. The SMILES string of the molecule is CCCN(CC#N)C(=O)c1sc(-c2ccc(OC)c(OC)c2)nc1C. The average Bonchev–Trinajstić information content (AvgIpc) is 3.02. The number of carbonyl (C=O) groups excluding carboxylic acids is 1. The number of hydrogen-bond donors (Lipinski definition) is 0. The van der Waals surface area contributed by atoms with Crippen molar-refractivity contribution in [2.45, 2.75) is 20.3 Å². The summed E-state index contributed by atoms with van der Waals surface area (Å²) in [5.41, 5.74) is 1.52. The minimum atomic E-state index is -0.148. The molecule has 0 saturated carbocycles. The van der Waals surface area contributed by atoms with Gasteiger partial charge in [0.25, 0.3) is 5.91 Å². The summed E-state index contributed by atoms with van der Waals surface area (Å²) < 4.78 is 10.6. The van der Waals surface area contributed by atoms with Crippen LogP contribution >= 0.6 is 11.3 Å². The van der Waals surface area contributed by atoms with Gasteiger partial charge in [-0.2, -0.15) is 5.26 Å². The Morgan fingerprint density at radius 1 is 1.32 bits per heavy atom. The molecule has 0 N–H and O–H groups in total. The lowest BCUT2D eigenvalue weighted by atomic mass is 10.2. The molecular weight excluding hydrogens is 338 g/mol. The van der Waals surface area contributed by atoms with Crippen molar-refractivity contribution in [2.75, 3.05) is 27.3 Å². The van der Waals surface area contributed by atoms with Gasteiger partial charge in [0.1, 0.15) is 16.4 Å². The predicted octanol–water partition coefficient (Wildman–Crippen LogP) is 3.51. The number of nitrogens with zero attached hydrogens (tertiary/aromatic N) is 3. The molecule has 2 aromatic rings. The number of thiazole rings is 1. The molecule has 0 atom stereocenters. The zero-order valence-electron chi connectivity index (χ0n) is 14.8. The smallest absolute Gasteiger partial charge is 0.266 e. The van der Waals surface area contributed by atoms with Crippen molar-refractivity contribution >= 4 is 17.2 Å². The molecule has 1 aromatic heterocycles. The van der Waals surface area contributed by atoms with E-state index in [0.717, 1.165) is 17.0 Å². The molecule has 2 rings (SSSR count). The first-order valence-electron chi connectivity index (χ1n) is 7.91. The van der Waals surface area contributed by atoms with Crippen LogP contribution in [0.4, 0.5) is 0 Å². The van der Waals surface area contributed by atoms with Gasteiger partial charge in [-0.15, -0.1) is 11.3 Å². The quantitative estimate of drug-likeness (QED) is 0.707. The van der Waals surface area contributed by atoms with E-state index in [4.69, 9.17) is 14.7 Å². The topological polar surface area (TPSA) is 75.5 Å². The van der Waals surface area contributed by atoms with Crippen molar-refractivity contribution in [3.05, 3.63) is 28.8 Å². The molecule has 7 heteroatoms. The van der Waals surface area contributed by atoms with E-state index in [-0.39, 0.29) is 12.5 Å². The van der Waals surface area contributed by atoms with E-state index in [0.29, 0.717) is 28.6 Å². The molecule has 0 bridgehead atoms. The van der Waals surface area contributed by atoms with Gasteiger partial charge in [0, 0.05) is 12.1 Å². The molecule has 0 radical (unpaired) electrons. The Kier molecular flexibility index (Phi) is 6.37. The van der Waals surface area contributed by atoms with Crippen LogP contribution in [0.5, 0.6) is 11.5 Å². The molecule has 0 fully saturated rings. The summed E-state index contributed by atoms with van der Waals surface area (Å²) in [6, 6.07) is 7.58. The zero-order chi connectivity index (χ0) is 18.4. The number of rotatable bonds is 7. The first-order valence-corrected chi connectivity index (χ1v) is 8.73. The third-order valence-electron chi connectivity index (χ3n) is 3.66. The normalized spacial score (nSPS) is 10.2. The number of nitriles is 1. The van der Waals surface area contributed by atoms with Crippen molar-refractivity contribution in [1.82, 2.24) is 9.88 Å². The molecule has 0 aliphatic carbocycles. The molecule has 0 aliphatic heterocycles. The highest BCUT2D eigenvalue weighted by atomic mass is 32.1. The molecular formula is C18H21N3O3S. The monoisotopic (exact) mass is 359 g/mol. The lowest BCUT2D eigenvalue weighted by Gasteiger charge is -2.17. The van der Waals surface area contributed by atoms with Crippen LogP contribution < -0.4 is 9.47 Å². The number of carbonyl (C=O) groups is 1. The second-order valence-corrected chi connectivity index (χ2v) is 6.39. The Morgan fingerprint density at radius 2 is 2.04 bits per heavy atom. The van der Waals surface area contributed by atoms with Crippen LogP contribution in [0.25, 0.3) is 10.6 Å². The fraction of sp³-hybridized carbons (Fsp3) is 0.389. The van der Waals surface area contributed by atoms with Gasteiger partial charge in [0.2, 0.25) is 0 Å². The van der Waals surface area contributed by atoms with Crippen molar-refractivity contribution in [3.63, 3.8) is 0 Å². The van der Waals surface area contributed by atoms with Crippen molar-refractivity contribution < 1.29 is 14.3 Å². The van der Waals surface area contributed by atoms with Gasteiger partial charge in [-0.25, -0.2) is 4.98 Å². The van der Waals surface area contributed by atoms with Crippen LogP contribution in [0.3, 0.4) is 0 Å². The lowest BCUT2D eigenvalue weighted by Crippen LogP contribution is -2.32. The fourth-order valence-corrected chi connectivity index (χ4v) is 3.47. The maximum Gasteiger partial charge on any atom is 0.266 e. The molecule has 6 nitrogen and oxygen atoms in total. The number of aromatic nitrogens is 1. The maximum atomic E-state index is 12.7. The molecule has 0 unspecified atom stereocenters. The Morgan fingerprint density at radius 3 is 2.64 bits per heavy atom. The van der Waals surface area contributed by atoms with E-state index < -0.39 is 0 Å². The first-order chi connectivity index (χ1) is 12.0. The van der Waals surface area contributed by atoms with E-state index in [9.17, 15) is 4.79 Å². The van der Waals surface area contributed by atoms with Gasteiger partial charge in [0.05, 0.1) is 26.0 Å². The van der Waals surface area contributed by atoms with E-state index in [1.54, 1.807) is 19.1 Å². The van der Waals surface area contributed by atoms with Crippen LogP contribution in [-0.4, -0.2) is 43.1 Å². The Hall–Kier alpha value is -2.59. The van der Waals surface area contributed by atoms with Gasteiger partial charge >= 0.3 is 0 Å². The molecule has 25 heavy (non-hydrogen) atoms. The molecule has 0 spiro atoms. The highest BCUT2D eigenvalue weighted by Crippen LogP contribution is 2.35. The zero-order valence-corrected chi connectivity index (χ0v) is 15.6. The van der Waals surface area contributed by atoms with Crippen LogP contribution in [-0.2, 0) is 0 Å². The summed E-state index contributed by atoms with van der Waals surface area (Å²) in [6.45, 7) is 4.42. The molecule has 1 heterocycles. The van der Waals surface area contributed by atoms with Gasteiger partial charge in [-0.3, -0.25) is 4.79 Å². The third-order valence-corrected chi connectivity index (χ3v) is 4.86. The van der Waals surface area contributed by atoms with E-state index >= 15 is 0 Å². The average molecular weight is 359 g/mol. The van der Waals surface area contributed by atoms with Crippen molar-refractivity contribution in [1.29, 1.82) is 5.26 Å². The van der Waals surface area contributed by atoms with Gasteiger partial charge < -0.3 is 14.4 Å². The Bertz CT molecular complexity index is 795. The van der Waals surface area contributed by atoms with E-state index in [2.05, 4.69) is 4.98 Å². The molecule has 1 amide bonds. The summed E-state index contributed by atoms with van der Waals surface area (Å²) >= 11 is 1.33.